The van der Waals surface area contributed by atoms with Crippen molar-refractivity contribution in [3.63, 3.8) is 0 Å². The van der Waals surface area contributed by atoms with Crippen LogP contribution in [0.2, 0.25) is 0 Å². The molecule has 0 radical (unpaired) electrons. The highest BCUT2D eigenvalue weighted by molar-refractivity contribution is 5.98. The summed E-state index contributed by atoms with van der Waals surface area (Å²) in [6.07, 6.45) is 0. The number of fused-ring (bicyclic) bond motifs is 1. The molecule has 2 rings (SSSR count). The Labute approximate surface area is 94.7 Å². The largest absolute Gasteiger partial charge is 0.451 e. The molecule has 0 atom stereocenters. The molecule has 0 aliphatic rings. The molecule has 0 spiro atoms. The van der Waals surface area contributed by atoms with E-state index in [1.165, 1.54) is 10.5 Å². The molecule has 0 saturated carbocycles. The molecular formula is C13H15NO2. The Morgan fingerprint density at radius 2 is 1.94 bits per heavy atom. The minimum atomic E-state index is -0.0913. The molecule has 1 heterocycles. The molecule has 0 aliphatic carbocycles. The van der Waals surface area contributed by atoms with Gasteiger partial charge < -0.3 is 9.32 Å². The molecule has 0 fully saturated rings. The van der Waals surface area contributed by atoms with E-state index in [4.69, 9.17) is 4.42 Å². The molecule has 84 valence electrons. The lowest BCUT2D eigenvalue weighted by Gasteiger charge is -2.07. The average Bonchev–Trinajstić information content (AvgIpc) is 2.55. The molecule has 0 unspecified atom stereocenters. The number of nitrogens with zero attached hydrogens (tertiary/aromatic N) is 1. The van der Waals surface area contributed by atoms with Crippen LogP contribution in [0.25, 0.3) is 11.0 Å². The predicted molar refractivity (Wildman–Crippen MR) is 63.7 cm³/mol. The zero-order valence-corrected chi connectivity index (χ0v) is 10.00. The second-order valence-corrected chi connectivity index (χ2v) is 4.26. The predicted octanol–water partition coefficient (Wildman–Crippen LogP) is 2.75. The van der Waals surface area contributed by atoms with Crippen molar-refractivity contribution in [3.8, 4) is 0 Å². The SMILES string of the molecule is Cc1ccc2oc(C(=O)N(C)C)c(C)c2c1. The zero-order chi connectivity index (χ0) is 11.9. The fraction of sp³-hybridized carbons (Fsp3) is 0.308. The van der Waals surface area contributed by atoms with Gasteiger partial charge in [-0.15, -0.1) is 0 Å². The molecule has 0 N–H and O–H groups in total. The summed E-state index contributed by atoms with van der Waals surface area (Å²) >= 11 is 0. The van der Waals surface area contributed by atoms with Crippen molar-refractivity contribution < 1.29 is 9.21 Å². The van der Waals surface area contributed by atoms with Crippen molar-refractivity contribution in [2.24, 2.45) is 0 Å². The highest BCUT2D eigenvalue weighted by atomic mass is 16.3. The first kappa shape index (κ1) is 10.7. The molecule has 1 aromatic carbocycles. The summed E-state index contributed by atoms with van der Waals surface area (Å²) in [5.74, 6) is 0.344. The summed E-state index contributed by atoms with van der Waals surface area (Å²) < 4.78 is 5.59. The first-order chi connectivity index (χ1) is 7.50. The molecule has 3 nitrogen and oxygen atoms in total. The second kappa shape index (κ2) is 3.67. The van der Waals surface area contributed by atoms with Crippen LogP contribution in [0.3, 0.4) is 0 Å². The lowest BCUT2D eigenvalue weighted by atomic mass is 10.1. The third-order valence-corrected chi connectivity index (χ3v) is 2.69. The number of hydrogen-bond donors (Lipinski definition) is 0. The molecule has 2 aromatic rings. The summed E-state index contributed by atoms with van der Waals surface area (Å²) in [6.45, 7) is 3.95. The Kier molecular flexibility index (Phi) is 2.46. The number of rotatable bonds is 1. The Hall–Kier alpha value is -1.77. The van der Waals surface area contributed by atoms with E-state index < -0.39 is 0 Å². The molecule has 0 aliphatic heterocycles. The van der Waals surface area contributed by atoms with E-state index >= 15 is 0 Å². The highest BCUT2D eigenvalue weighted by Crippen LogP contribution is 2.26. The van der Waals surface area contributed by atoms with Gasteiger partial charge in [-0.05, 0) is 26.0 Å². The number of aryl methyl sites for hydroxylation is 2. The van der Waals surface area contributed by atoms with Gasteiger partial charge in [0.25, 0.3) is 5.91 Å². The van der Waals surface area contributed by atoms with Gasteiger partial charge in [0.2, 0.25) is 0 Å². The van der Waals surface area contributed by atoms with Crippen LogP contribution in [-0.4, -0.2) is 24.9 Å². The van der Waals surface area contributed by atoms with E-state index in [9.17, 15) is 4.79 Å². The maximum Gasteiger partial charge on any atom is 0.289 e. The van der Waals surface area contributed by atoms with Gasteiger partial charge in [0.1, 0.15) is 5.58 Å². The molecule has 1 aromatic heterocycles. The van der Waals surface area contributed by atoms with Gasteiger partial charge in [0, 0.05) is 25.0 Å². The Morgan fingerprint density at radius 1 is 1.25 bits per heavy atom. The van der Waals surface area contributed by atoms with Crippen molar-refractivity contribution >= 4 is 16.9 Å². The summed E-state index contributed by atoms with van der Waals surface area (Å²) in [5.41, 5.74) is 2.85. The van der Waals surface area contributed by atoms with Crippen LogP contribution in [0.5, 0.6) is 0 Å². The Morgan fingerprint density at radius 3 is 2.56 bits per heavy atom. The van der Waals surface area contributed by atoms with E-state index in [-0.39, 0.29) is 5.91 Å². The standard InChI is InChI=1S/C13H15NO2/c1-8-5-6-11-10(7-8)9(2)12(16-11)13(15)14(3)4/h5-7H,1-4H3. The number of furan rings is 1. The van der Waals surface area contributed by atoms with Crippen LogP contribution < -0.4 is 0 Å². The van der Waals surface area contributed by atoms with Crippen LogP contribution in [0.15, 0.2) is 22.6 Å². The maximum absolute atomic E-state index is 11.9. The lowest BCUT2D eigenvalue weighted by Crippen LogP contribution is -2.21. The van der Waals surface area contributed by atoms with Crippen molar-refractivity contribution in [1.29, 1.82) is 0 Å². The minimum Gasteiger partial charge on any atom is -0.451 e. The highest BCUT2D eigenvalue weighted by Gasteiger charge is 2.18. The van der Waals surface area contributed by atoms with Gasteiger partial charge in [-0.2, -0.15) is 0 Å². The second-order valence-electron chi connectivity index (χ2n) is 4.26. The maximum atomic E-state index is 11.9. The van der Waals surface area contributed by atoms with Crippen LogP contribution in [0.1, 0.15) is 21.7 Å². The van der Waals surface area contributed by atoms with Crippen molar-refractivity contribution in [3.05, 3.63) is 35.1 Å². The van der Waals surface area contributed by atoms with E-state index in [2.05, 4.69) is 0 Å². The molecule has 0 saturated heterocycles. The minimum absolute atomic E-state index is 0.0913. The third-order valence-electron chi connectivity index (χ3n) is 2.69. The van der Waals surface area contributed by atoms with E-state index in [1.807, 2.05) is 32.0 Å². The summed E-state index contributed by atoms with van der Waals surface area (Å²) in [4.78, 5) is 13.4. The normalized spacial score (nSPS) is 10.8. The molecule has 0 bridgehead atoms. The Bertz CT molecular complexity index is 552. The number of carbonyl (C=O) groups is 1. The first-order valence-electron chi connectivity index (χ1n) is 5.22. The van der Waals surface area contributed by atoms with E-state index in [1.54, 1.807) is 14.1 Å². The summed E-state index contributed by atoms with van der Waals surface area (Å²) in [5, 5.41) is 1.02. The first-order valence-corrected chi connectivity index (χ1v) is 5.22. The van der Waals surface area contributed by atoms with Gasteiger partial charge >= 0.3 is 0 Å². The van der Waals surface area contributed by atoms with Crippen LogP contribution in [-0.2, 0) is 0 Å². The van der Waals surface area contributed by atoms with Crippen LogP contribution in [0.4, 0.5) is 0 Å². The molecular weight excluding hydrogens is 202 g/mol. The number of amides is 1. The van der Waals surface area contributed by atoms with Crippen LogP contribution >= 0.6 is 0 Å². The number of benzene rings is 1. The quantitative estimate of drug-likeness (QED) is 0.736. The van der Waals surface area contributed by atoms with Crippen molar-refractivity contribution in [1.82, 2.24) is 4.90 Å². The summed E-state index contributed by atoms with van der Waals surface area (Å²) in [6, 6.07) is 5.93. The molecule has 3 heteroatoms. The van der Waals surface area contributed by atoms with E-state index in [0.29, 0.717) is 5.76 Å². The lowest BCUT2D eigenvalue weighted by molar-refractivity contribution is 0.0798. The average molecular weight is 217 g/mol. The smallest absolute Gasteiger partial charge is 0.289 e. The fourth-order valence-corrected chi connectivity index (χ4v) is 1.74. The number of carbonyl (C=O) groups excluding carboxylic acids is 1. The van der Waals surface area contributed by atoms with Gasteiger partial charge in [0.15, 0.2) is 5.76 Å². The topological polar surface area (TPSA) is 33.5 Å². The van der Waals surface area contributed by atoms with Crippen molar-refractivity contribution in [2.75, 3.05) is 14.1 Å². The molecule has 1 amide bonds. The third kappa shape index (κ3) is 1.58. The van der Waals surface area contributed by atoms with Crippen molar-refractivity contribution in [2.45, 2.75) is 13.8 Å². The zero-order valence-electron chi connectivity index (χ0n) is 10.00. The van der Waals surface area contributed by atoms with Gasteiger partial charge in [0.05, 0.1) is 0 Å². The summed E-state index contributed by atoms with van der Waals surface area (Å²) in [7, 11) is 3.44. The molecule has 16 heavy (non-hydrogen) atoms. The van der Waals surface area contributed by atoms with Gasteiger partial charge in [-0.3, -0.25) is 4.79 Å². The Balaban J connectivity index is 2.65. The monoisotopic (exact) mass is 217 g/mol. The number of hydrogen-bond acceptors (Lipinski definition) is 2. The fourth-order valence-electron chi connectivity index (χ4n) is 1.74. The van der Waals surface area contributed by atoms with Gasteiger partial charge in [-0.1, -0.05) is 11.6 Å². The van der Waals surface area contributed by atoms with E-state index in [0.717, 1.165) is 16.5 Å². The van der Waals surface area contributed by atoms with Gasteiger partial charge in [-0.25, -0.2) is 0 Å². The van der Waals surface area contributed by atoms with Crippen LogP contribution in [0, 0.1) is 13.8 Å².